The van der Waals surface area contributed by atoms with Crippen molar-refractivity contribution < 1.29 is 23.1 Å². The highest BCUT2D eigenvalue weighted by Gasteiger charge is 2.24. The number of benzene rings is 1. The number of nitrogens with one attached hydrogen (secondary N) is 1. The largest absolute Gasteiger partial charge is 0.478 e. The van der Waals surface area contributed by atoms with Crippen molar-refractivity contribution in [2.75, 3.05) is 17.1 Å². The predicted octanol–water partition coefficient (Wildman–Crippen LogP) is 1.96. The number of carbonyl (C=O) groups is 1. The highest BCUT2D eigenvalue weighted by molar-refractivity contribution is 7.92. The first kappa shape index (κ1) is 15.1. The van der Waals surface area contributed by atoms with E-state index in [0.29, 0.717) is 13.0 Å². The van der Waals surface area contributed by atoms with Gasteiger partial charge in [0.05, 0.1) is 23.1 Å². The van der Waals surface area contributed by atoms with Crippen LogP contribution in [-0.4, -0.2) is 38.0 Å². The van der Waals surface area contributed by atoms with Crippen molar-refractivity contribution in [2.45, 2.75) is 18.9 Å². The molecule has 1 fully saturated rings. The van der Waals surface area contributed by atoms with Crippen molar-refractivity contribution in [3.8, 4) is 0 Å². The van der Waals surface area contributed by atoms with Crippen LogP contribution in [0.1, 0.15) is 23.2 Å². The van der Waals surface area contributed by atoms with Crippen LogP contribution in [0.4, 0.5) is 5.69 Å². The molecule has 8 heteroatoms. The van der Waals surface area contributed by atoms with E-state index in [4.69, 9.17) is 21.4 Å². The fourth-order valence-electron chi connectivity index (χ4n) is 2.02. The smallest absolute Gasteiger partial charge is 0.337 e. The Hall–Kier alpha value is -1.31. The van der Waals surface area contributed by atoms with E-state index in [-0.39, 0.29) is 28.1 Å². The summed E-state index contributed by atoms with van der Waals surface area (Å²) in [6.45, 7) is 0.553. The fourth-order valence-corrected chi connectivity index (χ4v) is 3.53. The minimum absolute atomic E-state index is 0.0389. The molecule has 0 aliphatic carbocycles. The van der Waals surface area contributed by atoms with Gasteiger partial charge in [0.2, 0.25) is 10.0 Å². The number of hydrogen-bond acceptors (Lipinski definition) is 4. The number of anilines is 1. The van der Waals surface area contributed by atoms with Crippen LogP contribution in [0.3, 0.4) is 0 Å². The zero-order valence-electron chi connectivity index (χ0n) is 10.5. The van der Waals surface area contributed by atoms with Gasteiger partial charge in [-0.2, -0.15) is 0 Å². The standard InChI is InChI=1S/C12H14ClNO5S/c13-8-3-4-10(12(15)16)11(6-8)14-20(17,18)7-9-2-1-5-19-9/h3-4,6,9,14H,1-2,5,7H2,(H,15,16). The van der Waals surface area contributed by atoms with Gasteiger partial charge in [-0.05, 0) is 31.0 Å². The highest BCUT2D eigenvalue weighted by atomic mass is 35.5. The molecule has 6 nitrogen and oxygen atoms in total. The molecule has 0 aromatic heterocycles. The molecular formula is C12H14ClNO5S. The summed E-state index contributed by atoms with van der Waals surface area (Å²) in [5.74, 6) is -1.42. The van der Waals surface area contributed by atoms with Gasteiger partial charge in [0, 0.05) is 11.6 Å². The van der Waals surface area contributed by atoms with Crippen LogP contribution in [-0.2, 0) is 14.8 Å². The third-order valence-corrected chi connectivity index (χ3v) is 4.48. The second-order valence-corrected chi connectivity index (χ2v) is 6.72. The maximum atomic E-state index is 12.0. The maximum absolute atomic E-state index is 12.0. The molecule has 2 N–H and O–H groups in total. The zero-order valence-corrected chi connectivity index (χ0v) is 12.1. The molecule has 1 aromatic carbocycles. The summed E-state index contributed by atoms with van der Waals surface area (Å²) < 4.78 is 31.6. The summed E-state index contributed by atoms with van der Waals surface area (Å²) in [5, 5.41) is 9.29. The van der Waals surface area contributed by atoms with Crippen molar-refractivity contribution in [1.82, 2.24) is 0 Å². The number of aromatic carboxylic acids is 1. The van der Waals surface area contributed by atoms with Crippen LogP contribution in [0.25, 0.3) is 0 Å². The molecule has 0 spiro atoms. The Morgan fingerprint density at radius 1 is 1.50 bits per heavy atom. The summed E-state index contributed by atoms with van der Waals surface area (Å²) in [4.78, 5) is 11.1. The molecule has 1 aliphatic rings. The molecule has 1 atom stereocenters. The number of carboxylic acid groups (broad SMARTS) is 1. The predicted molar refractivity (Wildman–Crippen MR) is 74.8 cm³/mol. The van der Waals surface area contributed by atoms with Crippen LogP contribution in [0.15, 0.2) is 18.2 Å². The lowest BCUT2D eigenvalue weighted by Gasteiger charge is -2.13. The summed E-state index contributed by atoms with van der Waals surface area (Å²) in [5.41, 5.74) is -0.187. The average Bonchev–Trinajstić information content (AvgIpc) is 2.79. The van der Waals surface area contributed by atoms with Crippen molar-refractivity contribution in [3.05, 3.63) is 28.8 Å². The molecule has 20 heavy (non-hydrogen) atoms. The van der Waals surface area contributed by atoms with Gasteiger partial charge in [-0.15, -0.1) is 0 Å². The molecule has 110 valence electrons. The van der Waals surface area contributed by atoms with Crippen molar-refractivity contribution in [3.63, 3.8) is 0 Å². The molecule has 0 radical (unpaired) electrons. The van der Waals surface area contributed by atoms with Crippen LogP contribution in [0.2, 0.25) is 5.02 Å². The Morgan fingerprint density at radius 2 is 2.25 bits per heavy atom. The molecule has 2 rings (SSSR count). The molecule has 1 saturated heterocycles. The quantitative estimate of drug-likeness (QED) is 0.865. The van der Waals surface area contributed by atoms with Crippen molar-refractivity contribution in [2.24, 2.45) is 0 Å². The molecule has 1 aromatic rings. The van der Waals surface area contributed by atoms with Crippen LogP contribution in [0.5, 0.6) is 0 Å². The Balaban J connectivity index is 2.19. The lowest BCUT2D eigenvalue weighted by molar-refractivity contribution is 0.0698. The zero-order chi connectivity index (χ0) is 14.8. The number of sulfonamides is 1. The first-order chi connectivity index (χ1) is 9.37. The number of rotatable bonds is 5. The van der Waals surface area contributed by atoms with Crippen molar-refractivity contribution in [1.29, 1.82) is 0 Å². The Kier molecular flexibility index (Phi) is 4.52. The summed E-state index contributed by atoms with van der Waals surface area (Å²) >= 11 is 5.77. The van der Waals surface area contributed by atoms with E-state index in [0.717, 1.165) is 6.42 Å². The third-order valence-electron chi connectivity index (χ3n) is 2.91. The Labute approximate surface area is 121 Å². The lowest BCUT2D eigenvalue weighted by atomic mass is 10.2. The van der Waals surface area contributed by atoms with Crippen LogP contribution >= 0.6 is 11.6 Å². The summed E-state index contributed by atoms with van der Waals surface area (Å²) in [6, 6.07) is 3.93. The Morgan fingerprint density at radius 3 is 2.85 bits per heavy atom. The summed E-state index contributed by atoms with van der Waals surface area (Å²) in [6.07, 6.45) is 1.17. The van der Waals surface area contributed by atoms with E-state index in [1.165, 1.54) is 18.2 Å². The molecule has 0 amide bonds. The van der Waals surface area contributed by atoms with Gasteiger partial charge in [-0.1, -0.05) is 11.6 Å². The monoisotopic (exact) mass is 319 g/mol. The number of halogens is 1. The van der Waals surface area contributed by atoms with Gasteiger partial charge in [-0.3, -0.25) is 4.72 Å². The molecular weight excluding hydrogens is 306 g/mol. The fraction of sp³-hybridized carbons (Fsp3) is 0.417. The van der Waals surface area contributed by atoms with Gasteiger partial charge in [0.1, 0.15) is 0 Å². The minimum atomic E-state index is -3.69. The number of ether oxygens (including phenoxy) is 1. The third kappa shape index (κ3) is 3.84. The van der Waals surface area contributed by atoms with E-state index in [2.05, 4.69) is 4.72 Å². The Bertz CT molecular complexity index is 610. The molecule has 0 bridgehead atoms. The van der Waals surface area contributed by atoms with Gasteiger partial charge in [-0.25, -0.2) is 13.2 Å². The van der Waals surface area contributed by atoms with E-state index in [9.17, 15) is 13.2 Å². The van der Waals surface area contributed by atoms with Gasteiger partial charge < -0.3 is 9.84 Å². The topological polar surface area (TPSA) is 92.7 Å². The average molecular weight is 320 g/mol. The lowest BCUT2D eigenvalue weighted by Crippen LogP contribution is -2.26. The van der Waals surface area contributed by atoms with E-state index in [1.54, 1.807) is 0 Å². The van der Waals surface area contributed by atoms with E-state index >= 15 is 0 Å². The van der Waals surface area contributed by atoms with Gasteiger partial charge in [0.25, 0.3) is 0 Å². The van der Waals surface area contributed by atoms with Crippen molar-refractivity contribution >= 4 is 33.3 Å². The van der Waals surface area contributed by atoms with Crippen LogP contribution < -0.4 is 4.72 Å². The normalized spacial score (nSPS) is 18.9. The summed E-state index contributed by atoms with van der Waals surface area (Å²) in [7, 11) is -3.69. The molecule has 0 saturated carbocycles. The molecule has 1 unspecified atom stereocenters. The van der Waals surface area contributed by atoms with Gasteiger partial charge in [0.15, 0.2) is 0 Å². The number of hydrogen-bond donors (Lipinski definition) is 2. The first-order valence-electron chi connectivity index (χ1n) is 6.02. The number of carboxylic acids is 1. The second-order valence-electron chi connectivity index (χ2n) is 4.51. The highest BCUT2D eigenvalue weighted by Crippen LogP contribution is 2.23. The van der Waals surface area contributed by atoms with Crippen LogP contribution in [0, 0.1) is 0 Å². The molecule has 1 aliphatic heterocycles. The SMILES string of the molecule is O=C(O)c1ccc(Cl)cc1NS(=O)(=O)CC1CCCO1. The van der Waals surface area contributed by atoms with E-state index in [1.807, 2.05) is 0 Å². The maximum Gasteiger partial charge on any atom is 0.337 e. The minimum Gasteiger partial charge on any atom is -0.478 e. The van der Waals surface area contributed by atoms with E-state index < -0.39 is 16.0 Å². The molecule has 1 heterocycles. The second kappa shape index (κ2) is 5.99. The van der Waals surface area contributed by atoms with Gasteiger partial charge >= 0.3 is 5.97 Å². The first-order valence-corrected chi connectivity index (χ1v) is 8.05.